The van der Waals surface area contributed by atoms with Crippen LogP contribution in [0.1, 0.15) is 67.6 Å². The lowest BCUT2D eigenvalue weighted by molar-refractivity contribution is -0.134. The van der Waals surface area contributed by atoms with Gasteiger partial charge in [-0.05, 0) is 109 Å². The van der Waals surface area contributed by atoms with E-state index in [1.165, 1.54) is 0 Å². The fourth-order valence-electron chi connectivity index (χ4n) is 9.01. The molecule has 17 heteroatoms. The number of hydrogen-bond donors (Lipinski definition) is 1. The van der Waals surface area contributed by atoms with Gasteiger partial charge in [0.15, 0.2) is 0 Å². The smallest absolute Gasteiger partial charge is 0.473 e. The predicted octanol–water partition coefficient (Wildman–Crippen LogP) is 11.0. The van der Waals surface area contributed by atoms with Crippen molar-refractivity contribution in [3.05, 3.63) is 198 Å². The Balaban J connectivity index is 0.000000131. The number of imide groups is 1. The maximum absolute atomic E-state index is 11.9. The molecule has 2 atom stereocenters. The van der Waals surface area contributed by atoms with E-state index in [0.717, 1.165) is 82.2 Å². The first-order valence-electron chi connectivity index (χ1n) is 25.7. The highest BCUT2D eigenvalue weighted by Gasteiger charge is 2.58. The summed E-state index contributed by atoms with van der Waals surface area (Å²) >= 11 is 3.43. The largest absolute Gasteiger partial charge is 0.503 e. The van der Waals surface area contributed by atoms with Crippen LogP contribution in [0, 0.1) is 20.8 Å². The molecular formula is C61H62BBrN9O6+. The van der Waals surface area contributed by atoms with Crippen molar-refractivity contribution in [3.8, 4) is 22.9 Å². The van der Waals surface area contributed by atoms with Gasteiger partial charge in [-0.2, -0.15) is 0 Å². The summed E-state index contributed by atoms with van der Waals surface area (Å²) in [6.45, 7) is 14.9. The van der Waals surface area contributed by atoms with Crippen molar-refractivity contribution in [3.63, 3.8) is 0 Å². The zero-order valence-corrected chi connectivity index (χ0v) is 46.7. The number of benzene rings is 5. The van der Waals surface area contributed by atoms with Crippen LogP contribution in [-0.2, 0) is 53.3 Å². The molecule has 78 heavy (non-hydrogen) atoms. The van der Waals surface area contributed by atoms with Crippen LogP contribution in [0.2, 0.25) is 0 Å². The number of imidazole rings is 3. The number of hydrogen-bond acceptors (Lipinski definition) is 11. The van der Waals surface area contributed by atoms with E-state index < -0.39 is 18.3 Å². The van der Waals surface area contributed by atoms with Crippen molar-refractivity contribution in [2.24, 2.45) is 21.1 Å². The molecule has 2 aliphatic heterocycles. The number of aromatic nitrogens is 8. The molecule has 5 aromatic carbocycles. The summed E-state index contributed by atoms with van der Waals surface area (Å²) in [5.41, 5.74) is 12.6. The third kappa shape index (κ3) is 12.3. The lowest BCUT2D eigenvalue weighted by Crippen LogP contribution is -2.42. The van der Waals surface area contributed by atoms with Crippen LogP contribution in [0.3, 0.4) is 0 Å². The second-order valence-electron chi connectivity index (χ2n) is 20.1. The second-order valence-corrected chi connectivity index (χ2v) is 20.9. The van der Waals surface area contributed by atoms with Crippen LogP contribution in [0.5, 0.6) is 11.8 Å². The maximum atomic E-state index is 11.9. The van der Waals surface area contributed by atoms with Gasteiger partial charge in [0, 0.05) is 66.9 Å². The summed E-state index contributed by atoms with van der Waals surface area (Å²) < 4.78 is 31.1. The molecule has 2 amide bonds. The van der Waals surface area contributed by atoms with E-state index >= 15 is 0 Å². The normalized spacial score (nSPS) is 16.6. The second kappa shape index (κ2) is 23.6. The number of aryl methyl sites for hydroxylation is 5. The summed E-state index contributed by atoms with van der Waals surface area (Å²) in [5.74, 6) is 0.495. The lowest BCUT2D eigenvalue weighted by Gasteiger charge is -2.25. The Kier molecular flexibility index (Phi) is 16.6. The minimum absolute atomic E-state index is 0.190. The molecule has 15 nitrogen and oxygen atoms in total. The van der Waals surface area contributed by atoms with Gasteiger partial charge in [-0.3, -0.25) is 14.9 Å². The monoisotopic (exact) mass is 1110 g/mol. The molecule has 0 aliphatic carbocycles. The van der Waals surface area contributed by atoms with Crippen LogP contribution in [0.15, 0.2) is 163 Å². The summed E-state index contributed by atoms with van der Waals surface area (Å²) in [5, 5.41) is 2.39. The van der Waals surface area contributed by atoms with Gasteiger partial charge in [-0.15, -0.1) is 0 Å². The third-order valence-corrected chi connectivity index (χ3v) is 14.6. The molecule has 2 saturated heterocycles. The molecule has 0 saturated carbocycles. The molecule has 1 N–H and O–H groups in total. The number of amides is 2. The van der Waals surface area contributed by atoms with Gasteiger partial charge in [0.25, 0.3) is 0 Å². The fourth-order valence-corrected chi connectivity index (χ4v) is 9.47. The number of halogens is 1. The first-order chi connectivity index (χ1) is 37.5. The van der Waals surface area contributed by atoms with Crippen LogP contribution in [0.4, 0.5) is 0 Å². The van der Waals surface area contributed by atoms with Gasteiger partial charge in [-0.25, -0.2) is 24.9 Å². The van der Waals surface area contributed by atoms with E-state index in [4.69, 9.17) is 18.8 Å². The van der Waals surface area contributed by atoms with Crippen LogP contribution in [-0.4, -0.2) is 68.8 Å². The first kappa shape index (κ1) is 54.7. The van der Waals surface area contributed by atoms with Gasteiger partial charge < -0.3 is 32.5 Å². The quantitative estimate of drug-likeness (QED) is 0.0832. The SMILES string of the molecule is Cc1ccc(-c2cccc3c2ncn3C)c(OCc2ccccc2)n1.Cn1cnc2c(Br)cccc21.Cn1cnc2c(C3CCC(=O)NC3=O)cccc21.[CH2+]C1(C)OB(c2ccc(C)nc2OCc2ccccc2)OC1(C)C. The number of rotatable bonds is 9. The highest BCUT2D eigenvalue weighted by atomic mass is 79.9. The molecule has 7 heterocycles. The van der Waals surface area contributed by atoms with Crippen LogP contribution >= 0.6 is 15.9 Å². The minimum atomic E-state index is -0.640. The minimum Gasteiger partial charge on any atom is -0.473 e. The Hall–Kier alpha value is -8.12. The number of nitrogens with zero attached hydrogens (tertiary/aromatic N) is 8. The van der Waals surface area contributed by atoms with Crippen molar-refractivity contribution in [2.75, 3.05) is 0 Å². The zero-order valence-electron chi connectivity index (χ0n) is 45.1. The van der Waals surface area contributed by atoms with E-state index in [9.17, 15) is 9.59 Å². The number of nitrogens with one attached hydrogen (secondary N) is 1. The van der Waals surface area contributed by atoms with E-state index in [0.29, 0.717) is 37.8 Å². The fraction of sp³-hybridized carbons (Fsp3) is 0.246. The van der Waals surface area contributed by atoms with Gasteiger partial charge >= 0.3 is 7.12 Å². The van der Waals surface area contributed by atoms with Gasteiger partial charge in [-0.1, -0.05) is 97.1 Å². The number of ether oxygens (including phenoxy) is 2. The van der Waals surface area contributed by atoms with E-state index in [2.05, 4.69) is 83.4 Å². The Morgan fingerprint density at radius 1 is 0.628 bits per heavy atom. The maximum Gasteiger partial charge on any atom is 0.503 e. The first-order valence-corrected chi connectivity index (χ1v) is 26.4. The molecule has 2 unspecified atom stereocenters. The molecule has 0 bridgehead atoms. The number of carbonyl (C=O) groups is 2. The molecule has 5 aromatic heterocycles. The predicted molar refractivity (Wildman–Crippen MR) is 309 cm³/mol. The highest BCUT2D eigenvalue weighted by Crippen LogP contribution is 2.38. The van der Waals surface area contributed by atoms with E-state index in [-0.39, 0.29) is 17.7 Å². The summed E-state index contributed by atoms with van der Waals surface area (Å²) in [7, 11) is 5.37. The van der Waals surface area contributed by atoms with Crippen LogP contribution in [0.25, 0.3) is 44.2 Å². The molecule has 396 valence electrons. The molecular weight excluding hydrogens is 1050 g/mol. The number of piperidine rings is 1. The molecule has 0 spiro atoms. The van der Waals surface area contributed by atoms with E-state index in [1.807, 2.05) is 191 Å². The Labute approximate surface area is 463 Å². The van der Waals surface area contributed by atoms with Crippen molar-refractivity contribution in [1.82, 2.24) is 43.9 Å². The lowest BCUT2D eigenvalue weighted by atomic mass is 9.79. The number of para-hydroxylation sites is 3. The van der Waals surface area contributed by atoms with Crippen molar-refractivity contribution < 1.29 is 28.4 Å². The average molecular weight is 1110 g/mol. The van der Waals surface area contributed by atoms with E-state index in [1.54, 1.807) is 6.33 Å². The van der Waals surface area contributed by atoms with Crippen LogP contribution < -0.4 is 20.3 Å². The van der Waals surface area contributed by atoms with Crippen molar-refractivity contribution in [2.45, 2.75) is 77.8 Å². The molecule has 10 aromatic rings. The van der Waals surface area contributed by atoms with Crippen molar-refractivity contribution in [1.29, 1.82) is 0 Å². The summed E-state index contributed by atoms with van der Waals surface area (Å²) in [6.07, 6.45) is 6.33. The summed E-state index contributed by atoms with van der Waals surface area (Å²) in [4.78, 5) is 45.3. The van der Waals surface area contributed by atoms with Gasteiger partial charge in [0.2, 0.25) is 29.2 Å². The molecule has 2 aliphatic rings. The standard InChI is InChI=1S/C21H19N3O.C19H23BNO3.C13H13N3O2.C8H7BrN2/c1-15-11-12-18(17-9-6-10-19-20(17)22-14-24(19)2)21(23-15)25-13-16-7-4-3-5-8-16;1-14-11-12-16(20-23-18(2,3)19(4,5)24-20)17(21-14)22-13-15-9-7-6-8-10-15;1-16-7-14-12-8(3-2-4-10(12)16)9-5-6-11(17)15-13(9)18;1-11-5-10-8-6(9)3-2-4-7(8)11/h3-12,14H,13H2,1-2H3;6-12H,2,13H2,1,3-5H3;2-4,7,9H,5-6H2,1H3,(H,15,17,18);2-5H,1H3/q;+1;;. The van der Waals surface area contributed by atoms with Crippen molar-refractivity contribution >= 4 is 73.4 Å². The van der Waals surface area contributed by atoms with Gasteiger partial charge in [0.05, 0.1) is 59.4 Å². The summed E-state index contributed by atoms with van der Waals surface area (Å²) in [6, 6.07) is 46.1. The Morgan fingerprint density at radius 2 is 1.15 bits per heavy atom. The number of carbonyl (C=O) groups excluding carboxylic acids is 2. The average Bonchev–Trinajstić information content (AvgIpc) is 4.19. The zero-order chi connectivity index (χ0) is 55.1. The number of fused-ring (bicyclic) bond motifs is 3. The molecule has 2 fully saturated rings. The third-order valence-electron chi connectivity index (χ3n) is 13.9. The highest BCUT2D eigenvalue weighted by molar-refractivity contribution is 9.10. The number of pyridine rings is 2. The van der Waals surface area contributed by atoms with Gasteiger partial charge in [0.1, 0.15) is 24.3 Å². The molecule has 12 rings (SSSR count). The molecule has 0 radical (unpaired) electrons. The topological polar surface area (TPSA) is 162 Å². The Bertz CT molecular complexity index is 3710. The Morgan fingerprint density at radius 3 is 1.74 bits per heavy atom.